The van der Waals surface area contributed by atoms with Crippen LogP contribution in [-0.4, -0.2) is 19.3 Å². The van der Waals surface area contributed by atoms with Gasteiger partial charge >= 0.3 is 0 Å². The van der Waals surface area contributed by atoms with Gasteiger partial charge in [-0.15, -0.1) is 11.5 Å². The van der Waals surface area contributed by atoms with Crippen LogP contribution in [0.5, 0.6) is 0 Å². The van der Waals surface area contributed by atoms with Crippen molar-refractivity contribution in [2.24, 2.45) is 5.92 Å². The van der Waals surface area contributed by atoms with Crippen LogP contribution in [0.3, 0.4) is 0 Å². The summed E-state index contributed by atoms with van der Waals surface area (Å²) in [6.45, 7) is 10.9. The van der Waals surface area contributed by atoms with E-state index in [4.69, 9.17) is 0 Å². The third-order valence-corrected chi connectivity index (χ3v) is 3.25. The molecule has 0 heterocycles. The molecule has 0 fully saturated rings. The van der Waals surface area contributed by atoms with Gasteiger partial charge in [-0.2, -0.15) is 0 Å². The summed E-state index contributed by atoms with van der Waals surface area (Å²) in [5.41, 5.74) is 3.32. The van der Waals surface area contributed by atoms with Gasteiger partial charge in [-0.3, -0.25) is 0 Å². The van der Waals surface area contributed by atoms with E-state index >= 15 is 0 Å². The molecule has 0 amide bonds. The van der Waals surface area contributed by atoms with Gasteiger partial charge in [-0.05, 0) is 13.3 Å². The lowest BCUT2D eigenvalue weighted by Gasteiger charge is -2.14. The molecule has 0 saturated heterocycles. The van der Waals surface area contributed by atoms with Crippen molar-refractivity contribution in [3.8, 4) is 11.5 Å². The Morgan fingerprint density at radius 2 is 1.80 bits per heavy atom. The highest BCUT2D eigenvalue weighted by Crippen LogP contribution is 2.11. The van der Waals surface area contributed by atoms with Crippen molar-refractivity contribution in [2.45, 2.75) is 65.3 Å². The number of hydrogen-bond acceptors (Lipinski definition) is 1. The van der Waals surface area contributed by atoms with Gasteiger partial charge in [0.15, 0.2) is 0 Å². The molecule has 2 atom stereocenters. The monoisotopic (exact) mass is 226 g/mol. The van der Waals surface area contributed by atoms with Gasteiger partial charge in [0.05, 0.1) is 6.10 Å². The molecule has 0 bridgehead atoms. The Morgan fingerprint density at radius 3 is 2.27 bits per heavy atom. The summed E-state index contributed by atoms with van der Waals surface area (Å²) in [5, 5.41) is 9.85. The van der Waals surface area contributed by atoms with Gasteiger partial charge in [-0.25, -0.2) is 0 Å². The maximum Gasteiger partial charge on any atom is 0.129 e. The van der Waals surface area contributed by atoms with Crippen LogP contribution in [0, 0.1) is 17.4 Å². The second-order valence-electron chi connectivity index (χ2n) is 5.37. The van der Waals surface area contributed by atoms with Gasteiger partial charge in [0.25, 0.3) is 0 Å². The van der Waals surface area contributed by atoms with Crippen LogP contribution in [0.4, 0.5) is 0 Å². The zero-order valence-corrected chi connectivity index (χ0v) is 11.9. The molecule has 0 aliphatic carbocycles. The third-order valence-electron chi connectivity index (χ3n) is 2.36. The number of aliphatic hydroxyl groups is 1. The molecule has 1 nitrogen and oxygen atoms in total. The maximum absolute atomic E-state index is 9.85. The summed E-state index contributed by atoms with van der Waals surface area (Å²) in [4.78, 5) is 0. The Labute approximate surface area is 96.3 Å². The summed E-state index contributed by atoms with van der Waals surface area (Å²) in [6, 6.07) is 0. The lowest BCUT2D eigenvalue weighted by atomic mass is 10.0. The average molecular weight is 226 g/mol. The quantitative estimate of drug-likeness (QED) is 0.432. The maximum atomic E-state index is 9.85. The minimum absolute atomic E-state index is 0.133. The first kappa shape index (κ1) is 14.7. The van der Waals surface area contributed by atoms with E-state index in [1.807, 2.05) is 6.92 Å². The van der Waals surface area contributed by atoms with E-state index in [-0.39, 0.29) is 12.0 Å². The van der Waals surface area contributed by atoms with Crippen molar-refractivity contribution >= 4 is 8.07 Å². The number of rotatable bonds is 5. The first-order chi connectivity index (χ1) is 6.87. The van der Waals surface area contributed by atoms with E-state index in [1.54, 1.807) is 0 Å². The van der Waals surface area contributed by atoms with Gasteiger partial charge in [0.2, 0.25) is 0 Å². The Balaban J connectivity index is 3.97. The number of unbranched alkanes of at least 4 members (excludes halogenated alkanes) is 2. The summed E-state index contributed by atoms with van der Waals surface area (Å²) >= 11 is 0. The smallest absolute Gasteiger partial charge is 0.129 e. The van der Waals surface area contributed by atoms with Crippen LogP contribution in [0.15, 0.2) is 0 Å². The van der Waals surface area contributed by atoms with Crippen molar-refractivity contribution in [3.63, 3.8) is 0 Å². The first-order valence-electron chi connectivity index (χ1n) is 6.07. The highest BCUT2D eigenvalue weighted by atomic mass is 28.3. The standard InChI is InChI=1S/C13H26OSi/c1-6-7-8-9-13(14)12(2)10-11-15(3,4)5/h12-14H,6-9H2,1-5H3. The molecule has 88 valence electrons. The van der Waals surface area contributed by atoms with Crippen molar-refractivity contribution < 1.29 is 5.11 Å². The minimum atomic E-state index is -1.28. The third kappa shape index (κ3) is 8.71. The van der Waals surface area contributed by atoms with Crippen LogP contribution >= 0.6 is 0 Å². The molecular formula is C13H26OSi. The fraction of sp³-hybridized carbons (Fsp3) is 0.846. The zero-order chi connectivity index (χ0) is 11.9. The Bertz CT molecular complexity index is 219. The predicted octanol–water partition coefficient (Wildman–Crippen LogP) is 3.44. The highest BCUT2D eigenvalue weighted by Gasteiger charge is 2.13. The van der Waals surface area contributed by atoms with Crippen LogP contribution in [0.2, 0.25) is 19.6 Å². The van der Waals surface area contributed by atoms with Gasteiger partial charge in [0, 0.05) is 5.92 Å². The molecular weight excluding hydrogens is 200 g/mol. The van der Waals surface area contributed by atoms with E-state index in [2.05, 4.69) is 38.0 Å². The van der Waals surface area contributed by atoms with Gasteiger partial charge < -0.3 is 5.11 Å². The topological polar surface area (TPSA) is 20.2 Å². The highest BCUT2D eigenvalue weighted by molar-refractivity contribution is 6.83. The van der Waals surface area contributed by atoms with Gasteiger partial charge in [0.1, 0.15) is 8.07 Å². The molecule has 1 N–H and O–H groups in total. The molecule has 0 rings (SSSR count). The molecule has 0 radical (unpaired) electrons. The summed E-state index contributed by atoms with van der Waals surface area (Å²) in [6.07, 6.45) is 4.21. The zero-order valence-electron chi connectivity index (χ0n) is 10.9. The predicted molar refractivity (Wildman–Crippen MR) is 70.4 cm³/mol. The van der Waals surface area contributed by atoms with E-state index in [0.717, 1.165) is 12.8 Å². The number of aliphatic hydroxyl groups excluding tert-OH is 1. The molecule has 15 heavy (non-hydrogen) atoms. The molecule has 2 heteroatoms. The van der Waals surface area contributed by atoms with E-state index in [1.165, 1.54) is 12.8 Å². The second-order valence-corrected chi connectivity index (χ2v) is 10.1. The molecule has 0 saturated carbocycles. The molecule has 2 unspecified atom stereocenters. The molecule has 0 aliphatic rings. The Hall–Kier alpha value is -0.263. The largest absolute Gasteiger partial charge is 0.392 e. The molecule has 0 aromatic carbocycles. The fourth-order valence-electron chi connectivity index (χ4n) is 1.28. The molecule has 0 aromatic rings. The van der Waals surface area contributed by atoms with Crippen LogP contribution in [-0.2, 0) is 0 Å². The lowest BCUT2D eigenvalue weighted by Crippen LogP contribution is -2.20. The summed E-state index contributed by atoms with van der Waals surface area (Å²) in [7, 11) is -1.28. The Kier molecular flexibility index (Phi) is 6.96. The van der Waals surface area contributed by atoms with Crippen LogP contribution < -0.4 is 0 Å². The summed E-state index contributed by atoms with van der Waals surface area (Å²) < 4.78 is 0. The molecule has 0 aromatic heterocycles. The van der Waals surface area contributed by atoms with E-state index in [9.17, 15) is 5.11 Å². The second kappa shape index (κ2) is 7.08. The summed E-state index contributed by atoms with van der Waals surface area (Å²) in [5.74, 6) is 3.34. The lowest BCUT2D eigenvalue weighted by molar-refractivity contribution is 0.129. The minimum Gasteiger partial charge on any atom is -0.392 e. The molecule has 0 spiro atoms. The van der Waals surface area contributed by atoms with Gasteiger partial charge in [-0.1, -0.05) is 45.8 Å². The Morgan fingerprint density at radius 1 is 1.20 bits per heavy atom. The average Bonchev–Trinajstić information content (AvgIpc) is 2.13. The SMILES string of the molecule is CCCCCC(O)C(C)C#C[Si](C)(C)C. The van der Waals surface area contributed by atoms with E-state index < -0.39 is 8.07 Å². The van der Waals surface area contributed by atoms with Crippen molar-refractivity contribution in [1.82, 2.24) is 0 Å². The van der Waals surface area contributed by atoms with Crippen molar-refractivity contribution in [2.75, 3.05) is 0 Å². The molecule has 0 aliphatic heterocycles. The van der Waals surface area contributed by atoms with Crippen LogP contribution in [0.25, 0.3) is 0 Å². The van der Waals surface area contributed by atoms with Crippen LogP contribution in [0.1, 0.15) is 39.5 Å². The van der Waals surface area contributed by atoms with Crippen molar-refractivity contribution in [1.29, 1.82) is 0 Å². The number of hydrogen-bond donors (Lipinski definition) is 1. The van der Waals surface area contributed by atoms with E-state index in [0.29, 0.717) is 0 Å². The first-order valence-corrected chi connectivity index (χ1v) is 9.57. The fourth-order valence-corrected chi connectivity index (χ4v) is 1.94. The van der Waals surface area contributed by atoms with Crippen molar-refractivity contribution in [3.05, 3.63) is 0 Å². The normalized spacial score (nSPS) is 15.3.